The quantitative estimate of drug-likeness (QED) is 0.643. The topological polar surface area (TPSA) is 52.8 Å². The van der Waals surface area contributed by atoms with Gasteiger partial charge in [0.2, 0.25) is 6.23 Å². The van der Waals surface area contributed by atoms with Crippen LogP contribution in [0.15, 0.2) is 30.3 Å². The van der Waals surface area contributed by atoms with Gasteiger partial charge in [0, 0.05) is 5.56 Å². The lowest BCUT2D eigenvalue weighted by atomic mass is 10.2. The number of hydrogen-bond acceptors (Lipinski definition) is 2. The van der Waals surface area contributed by atoms with Gasteiger partial charge in [-0.1, -0.05) is 30.3 Å². The summed E-state index contributed by atoms with van der Waals surface area (Å²) in [6.45, 7) is 0. The summed E-state index contributed by atoms with van der Waals surface area (Å²) in [6, 6.07) is 9.21. The minimum Gasteiger partial charge on any atom is -0.463 e. The molecule has 0 spiro atoms. The van der Waals surface area contributed by atoms with E-state index in [1.807, 2.05) is 30.3 Å². The van der Waals surface area contributed by atoms with E-state index in [2.05, 4.69) is 0 Å². The predicted molar refractivity (Wildman–Crippen MR) is 40.1 cm³/mol. The second-order valence-electron chi connectivity index (χ2n) is 2.48. The van der Waals surface area contributed by atoms with Crippen molar-refractivity contribution >= 4 is 6.09 Å². The van der Waals surface area contributed by atoms with Crippen LogP contribution in [0.25, 0.3) is 0 Å². The molecular weight excluding hydrogens is 158 g/mol. The molecule has 0 radical (unpaired) electrons. The highest BCUT2D eigenvalue weighted by atomic mass is 16.9. The number of carboxylic acid groups (broad SMARTS) is 1. The SMILES string of the molecule is O=C(O)N1OC1c1ccccc1. The first-order chi connectivity index (χ1) is 5.79. The molecule has 1 aliphatic heterocycles. The van der Waals surface area contributed by atoms with E-state index in [9.17, 15) is 4.79 Å². The van der Waals surface area contributed by atoms with Crippen molar-refractivity contribution in [3.05, 3.63) is 35.9 Å². The van der Waals surface area contributed by atoms with Crippen LogP contribution in [-0.2, 0) is 4.84 Å². The zero-order chi connectivity index (χ0) is 8.55. The molecule has 4 heteroatoms. The molecule has 1 unspecified atom stereocenters. The first-order valence-electron chi connectivity index (χ1n) is 3.53. The predicted octanol–water partition coefficient (Wildman–Crippen LogP) is 1.61. The maximum Gasteiger partial charge on any atom is 0.434 e. The van der Waals surface area contributed by atoms with Gasteiger partial charge in [0.25, 0.3) is 0 Å². The van der Waals surface area contributed by atoms with Crippen molar-refractivity contribution in [1.82, 2.24) is 5.06 Å². The Bertz CT molecular complexity index is 298. The molecule has 1 amide bonds. The zero-order valence-electron chi connectivity index (χ0n) is 6.18. The number of rotatable bonds is 1. The summed E-state index contributed by atoms with van der Waals surface area (Å²) in [6.07, 6.45) is -1.45. The van der Waals surface area contributed by atoms with Crippen LogP contribution < -0.4 is 0 Å². The van der Waals surface area contributed by atoms with Gasteiger partial charge >= 0.3 is 6.09 Å². The van der Waals surface area contributed by atoms with Gasteiger partial charge in [-0.2, -0.15) is 0 Å². The van der Waals surface area contributed by atoms with Gasteiger partial charge in [-0.05, 0) is 0 Å². The third-order valence-electron chi connectivity index (χ3n) is 1.65. The molecule has 1 saturated heterocycles. The third-order valence-corrected chi connectivity index (χ3v) is 1.65. The first-order valence-corrected chi connectivity index (χ1v) is 3.53. The van der Waals surface area contributed by atoms with Gasteiger partial charge < -0.3 is 5.11 Å². The fourth-order valence-corrected chi connectivity index (χ4v) is 1.04. The van der Waals surface area contributed by atoms with Crippen LogP contribution in [0, 0.1) is 0 Å². The summed E-state index contributed by atoms with van der Waals surface area (Å²) in [7, 11) is 0. The Morgan fingerprint density at radius 2 is 2.08 bits per heavy atom. The van der Waals surface area contributed by atoms with Crippen LogP contribution >= 0.6 is 0 Å². The standard InChI is InChI=1S/C8H7NO3/c10-8(11)9-7(12-9)6-4-2-1-3-5-6/h1-5,7H,(H,10,11). The minimum atomic E-state index is -1.05. The van der Waals surface area contributed by atoms with E-state index in [1.165, 1.54) is 0 Å². The van der Waals surface area contributed by atoms with Crippen LogP contribution in [0.2, 0.25) is 0 Å². The molecule has 2 rings (SSSR count). The summed E-state index contributed by atoms with van der Waals surface area (Å²) < 4.78 is 0. The van der Waals surface area contributed by atoms with Crippen molar-refractivity contribution in [3.63, 3.8) is 0 Å². The average molecular weight is 165 g/mol. The van der Waals surface area contributed by atoms with Crippen LogP contribution in [0.3, 0.4) is 0 Å². The normalized spacial score (nSPS) is 20.7. The number of hydroxylamine groups is 2. The molecule has 0 aliphatic carbocycles. The molecule has 0 bridgehead atoms. The molecule has 1 fully saturated rings. The second kappa shape index (κ2) is 2.49. The fraction of sp³-hybridized carbons (Fsp3) is 0.125. The molecule has 1 heterocycles. The molecule has 4 nitrogen and oxygen atoms in total. The summed E-state index contributed by atoms with van der Waals surface area (Å²) in [5.41, 5.74) is 0.861. The number of nitrogens with zero attached hydrogens (tertiary/aromatic N) is 1. The summed E-state index contributed by atoms with van der Waals surface area (Å²) in [5.74, 6) is 0. The molecule has 1 atom stereocenters. The summed E-state index contributed by atoms with van der Waals surface area (Å²) >= 11 is 0. The third kappa shape index (κ3) is 1.12. The monoisotopic (exact) mass is 165 g/mol. The van der Waals surface area contributed by atoms with Crippen molar-refractivity contribution in [2.75, 3.05) is 0 Å². The van der Waals surface area contributed by atoms with Gasteiger partial charge in [0.05, 0.1) is 0 Å². The van der Waals surface area contributed by atoms with E-state index in [0.717, 1.165) is 10.6 Å². The Labute approximate surface area is 68.9 Å². The lowest BCUT2D eigenvalue weighted by Crippen LogP contribution is -2.06. The highest BCUT2D eigenvalue weighted by Gasteiger charge is 2.42. The molecule has 62 valence electrons. The molecule has 12 heavy (non-hydrogen) atoms. The van der Waals surface area contributed by atoms with Crippen molar-refractivity contribution in [2.45, 2.75) is 6.23 Å². The molecule has 0 saturated carbocycles. The first kappa shape index (κ1) is 7.12. The van der Waals surface area contributed by atoms with Crippen molar-refractivity contribution in [1.29, 1.82) is 0 Å². The van der Waals surface area contributed by atoms with Crippen LogP contribution in [0.1, 0.15) is 11.8 Å². The maximum atomic E-state index is 10.3. The van der Waals surface area contributed by atoms with Gasteiger partial charge in [-0.3, -0.25) is 0 Å². The van der Waals surface area contributed by atoms with Crippen molar-refractivity contribution in [3.8, 4) is 0 Å². The Morgan fingerprint density at radius 1 is 1.42 bits per heavy atom. The van der Waals surface area contributed by atoms with E-state index in [-0.39, 0.29) is 0 Å². The number of amides is 1. The smallest absolute Gasteiger partial charge is 0.434 e. The highest BCUT2D eigenvalue weighted by molar-refractivity contribution is 5.65. The van der Waals surface area contributed by atoms with E-state index in [0.29, 0.717) is 0 Å². The lowest BCUT2D eigenvalue weighted by molar-refractivity contribution is 0.130. The van der Waals surface area contributed by atoms with Crippen molar-refractivity contribution in [2.24, 2.45) is 0 Å². The zero-order valence-corrected chi connectivity index (χ0v) is 6.18. The van der Waals surface area contributed by atoms with Gasteiger partial charge in [0.1, 0.15) is 0 Å². The van der Waals surface area contributed by atoms with Crippen LogP contribution in [0.5, 0.6) is 0 Å². The Kier molecular flexibility index (Phi) is 1.48. The molecule has 1 aromatic carbocycles. The minimum absolute atomic E-state index is 0.399. The van der Waals surface area contributed by atoms with Gasteiger partial charge in [-0.25, -0.2) is 9.63 Å². The van der Waals surface area contributed by atoms with E-state index in [4.69, 9.17) is 9.94 Å². The molecule has 0 aromatic heterocycles. The van der Waals surface area contributed by atoms with Crippen LogP contribution in [0.4, 0.5) is 4.79 Å². The summed E-state index contributed by atoms with van der Waals surface area (Å²) in [5, 5.41) is 9.40. The molecule has 1 aliphatic rings. The van der Waals surface area contributed by atoms with Crippen molar-refractivity contribution < 1.29 is 14.7 Å². The Balaban J connectivity index is 2.11. The number of carbonyl (C=O) groups is 1. The van der Waals surface area contributed by atoms with E-state index < -0.39 is 12.3 Å². The van der Waals surface area contributed by atoms with E-state index >= 15 is 0 Å². The van der Waals surface area contributed by atoms with E-state index in [1.54, 1.807) is 0 Å². The lowest BCUT2D eigenvalue weighted by Gasteiger charge is -1.91. The van der Waals surface area contributed by atoms with Crippen LogP contribution in [-0.4, -0.2) is 16.3 Å². The number of hydrogen-bond donors (Lipinski definition) is 1. The van der Waals surface area contributed by atoms with Gasteiger partial charge in [-0.15, -0.1) is 5.06 Å². The molecule has 1 N–H and O–H groups in total. The Morgan fingerprint density at radius 3 is 2.58 bits per heavy atom. The second-order valence-corrected chi connectivity index (χ2v) is 2.48. The number of benzene rings is 1. The largest absolute Gasteiger partial charge is 0.463 e. The Hall–Kier alpha value is -1.55. The molecular formula is C8H7NO3. The highest BCUT2D eigenvalue weighted by Crippen LogP contribution is 2.36. The average Bonchev–Trinajstić information content (AvgIpc) is 2.84. The maximum absolute atomic E-state index is 10.3. The fourth-order valence-electron chi connectivity index (χ4n) is 1.04. The summed E-state index contributed by atoms with van der Waals surface area (Å²) in [4.78, 5) is 15.1. The molecule has 1 aromatic rings. The van der Waals surface area contributed by atoms with Gasteiger partial charge in [0.15, 0.2) is 0 Å².